The van der Waals surface area contributed by atoms with E-state index >= 15 is 0 Å². The van der Waals surface area contributed by atoms with E-state index < -0.39 is 11.8 Å². The smallest absolute Gasteiger partial charge is 0.256 e. The van der Waals surface area contributed by atoms with E-state index in [0.29, 0.717) is 0 Å². The predicted molar refractivity (Wildman–Crippen MR) is 79.2 cm³/mol. The zero-order valence-electron chi connectivity index (χ0n) is 11.4. The Kier molecular flexibility index (Phi) is 4.15. The van der Waals surface area contributed by atoms with Crippen LogP contribution in [0.1, 0.15) is 5.56 Å². The first-order valence-corrected chi connectivity index (χ1v) is 6.31. The van der Waals surface area contributed by atoms with Crippen LogP contribution in [0.25, 0.3) is 17.2 Å². The van der Waals surface area contributed by atoms with Crippen LogP contribution in [-0.2, 0) is 9.59 Å². The number of fused-ring (bicyclic) bond motifs is 1. The van der Waals surface area contributed by atoms with Crippen LogP contribution in [0.5, 0.6) is 0 Å². The van der Waals surface area contributed by atoms with Crippen LogP contribution in [-0.4, -0.2) is 25.9 Å². The number of likely N-dealkylation sites (N-methyl/N-ethyl adjacent to an activating group) is 2. The van der Waals surface area contributed by atoms with Crippen molar-refractivity contribution in [1.82, 2.24) is 10.6 Å². The molecule has 4 nitrogen and oxygen atoms in total. The molecule has 2 aliphatic rings. The number of amides is 2. The van der Waals surface area contributed by atoms with Gasteiger partial charge >= 0.3 is 0 Å². The molecule has 0 atom stereocenters. The first-order chi connectivity index (χ1) is 9.67. The molecule has 0 aromatic rings. The second kappa shape index (κ2) is 6.02. The van der Waals surface area contributed by atoms with Crippen LogP contribution in [0, 0.1) is 0 Å². The molecule has 20 heavy (non-hydrogen) atoms. The van der Waals surface area contributed by atoms with Crippen LogP contribution < -0.4 is 10.6 Å². The van der Waals surface area contributed by atoms with Gasteiger partial charge < -0.3 is 10.6 Å². The summed E-state index contributed by atoms with van der Waals surface area (Å²) in [5.74, 6) is -0.807. The van der Waals surface area contributed by atoms with E-state index in [2.05, 4.69) is 10.6 Å². The molecular weight excluding hydrogens is 252 g/mol. The van der Waals surface area contributed by atoms with Crippen LogP contribution in [0.3, 0.4) is 0 Å². The fourth-order valence-electron chi connectivity index (χ4n) is 2.02. The maximum Gasteiger partial charge on any atom is 0.256 e. The lowest BCUT2D eigenvalue weighted by molar-refractivity contribution is -0.122. The Morgan fingerprint density at radius 2 is 1.55 bits per heavy atom. The molecule has 0 aromatic heterocycles. The van der Waals surface area contributed by atoms with Gasteiger partial charge in [0.25, 0.3) is 11.8 Å². The minimum absolute atomic E-state index is 0.0917. The molecule has 0 heterocycles. The number of rotatable bonds is 3. The highest BCUT2D eigenvalue weighted by Crippen LogP contribution is 2.28. The maximum absolute atomic E-state index is 11.8. The van der Waals surface area contributed by atoms with Crippen LogP contribution in [0.2, 0.25) is 0 Å². The van der Waals surface area contributed by atoms with Crippen molar-refractivity contribution < 1.29 is 9.59 Å². The van der Waals surface area contributed by atoms with Crippen LogP contribution in [0.15, 0.2) is 48.0 Å². The van der Waals surface area contributed by atoms with Crippen molar-refractivity contribution in [3.05, 3.63) is 53.6 Å². The average molecular weight is 268 g/mol. The molecule has 0 bridgehead atoms. The highest BCUT2D eigenvalue weighted by Gasteiger charge is 2.17. The Hall–Kier alpha value is -2.62. The van der Waals surface area contributed by atoms with E-state index in [1.165, 1.54) is 14.1 Å². The lowest BCUT2D eigenvalue weighted by atomic mass is 10.1. The van der Waals surface area contributed by atoms with Crippen LogP contribution in [0.4, 0.5) is 0 Å². The Morgan fingerprint density at radius 3 is 2.20 bits per heavy atom. The van der Waals surface area contributed by atoms with E-state index in [9.17, 15) is 9.59 Å². The molecule has 102 valence electrons. The van der Waals surface area contributed by atoms with E-state index in [0.717, 1.165) is 16.7 Å². The standard InChI is InChI=1S/C16H16N2O2/c1-17-15(19)14(16(20)18-2)10-12-9-8-11-6-4-3-5-7-13(11)12/h3-10H,1-2H3,(H,17,19)(H,18,20). The molecule has 0 radical (unpaired) electrons. The summed E-state index contributed by atoms with van der Waals surface area (Å²) >= 11 is 0. The number of hydrogen-bond donors (Lipinski definition) is 2. The fourth-order valence-corrected chi connectivity index (χ4v) is 2.02. The highest BCUT2D eigenvalue weighted by molar-refractivity contribution is 6.21. The van der Waals surface area contributed by atoms with Crippen molar-refractivity contribution in [3.63, 3.8) is 0 Å². The van der Waals surface area contributed by atoms with Gasteiger partial charge in [0.2, 0.25) is 0 Å². The topological polar surface area (TPSA) is 58.2 Å². The second-order valence-corrected chi connectivity index (χ2v) is 4.28. The predicted octanol–water partition coefficient (Wildman–Crippen LogP) is 1.67. The summed E-state index contributed by atoms with van der Waals surface area (Å²) in [5, 5.41) is 4.96. The molecule has 0 aromatic carbocycles. The minimum atomic E-state index is -0.404. The summed E-state index contributed by atoms with van der Waals surface area (Å²) in [4.78, 5) is 23.6. The fraction of sp³-hybridized carbons (Fsp3) is 0.125. The van der Waals surface area contributed by atoms with Gasteiger partial charge in [0, 0.05) is 14.1 Å². The summed E-state index contributed by atoms with van der Waals surface area (Å²) in [5.41, 5.74) is 3.00. The Balaban J connectivity index is 2.51. The lowest BCUT2D eigenvalue weighted by Gasteiger charge is -2.05. The molecule has 2 aliphatic carbocycles. The van der Waals surface area contributed by atoms with E-state index in [4.69, 9.17) is 0 Å². The molecule has 2 amide bonds. The molecule has 0 fully saturated rings. The summed E-state index contributed by atoms with van der Waals surface area (Å²) < 4.78 is 0. The van der Waals surface area contributed by atoms with Crippen LogP contribution >= 0.6 is 0 Å². The Bertz CT molecular complexity index is 629. The van der Waals surface area contributed by atoms with Crippen molar-refractivity contribution in [2.75, 3.05) is 14.1 Å². The molecule has 2 rings (SSSR count). The molecule has 0 unspecified atom stereocenters. The summed E-state index contributed by atoms with van der Waals surface area (Å²) in [6.45, 7) is 0. The van der Waals surface area contributed by atoms with E-state index in [1.54, 1.807) is 6.08 Å². The first kappa shape index (κ1) is 13.8. The molecule has 0 saturated carbocycles. The van der Waals surface area contributed by atoms with Gasteiger partial charge in [0.05, 0.1) is 0 Å². The monoisotopic (exact) mass is 268 g/mol. The molecule has 0 spiro atoms. The third-order valence-electron chi connectivity index (χ3n) is 3.07. The van der Waals surface area contributed by atoms with Gasteiger partial charge in [-0.3, -0.25) is 9.59 Å². The zero-order chi connectivity index (χ0) is 14.5. The van der Waals surface area contributed by atoms with Crippen molar-refractivity contribution in [3.8, 4) is 11.1 Å². The number of carbonyl (C=O) groups is 2. The van der Waals surface area contributed by atoms with Gasteiger partial charge in [-0.15, -0.1) is 0 Å². The molecule has 4 heteroatoms. The zero-order valence-corrected chi connectivity index (χ0v) is 11.4. The summed E-state index contributed by atoms with van der Waals surface area (Å²) in [6, 6.07) is 13.6. The van der Waals surface area contributed by atoms with Crippen molar-refractivity contribution in [1.29, 1.82) is 0 Å². The van der Waals surface area contributed by atoms with Gasteiger partial charge in [0.1, 0.15) is 5.57 Å². The number of hydrogen-bond acceptors (Lipinski definition) is 2. The molecule has 0 aliphatic heterocycles. The Labute approximate surface area is 117 Å². The Morgan fingerprint density at radius 1 is 0.900 bits per heavy atom. The highest BCUT2D eigenvalue weighted by atomic mass is 16.2. The van der Waals surface area contributed by atoms with Gasteiger partial charge in [0.15, 0.2) is 0 Å². The molecule has 0 saturated heterocycles. The summed E-state index contributed by atoms with van der Waals surface area (Å²) in [6.07, 6.45) is 1.61. The number of carbonyl (C=O) groups excluding carboxylic acids is 2. The van der Waals surface area contributed by atoms with Gasteiger partial charge in [-0.25, -0.2) is 0 Å². The van der Waals surface area contributed by atoms with Crippen molar-refractivity contribution in [2.45, 2.75) is 0 Å². The first-order valence-electron chi connectivity index (χ1n) is 6.31. The van der Waals surface area contributed by atoms with Gasteiger partial charge in [-0.1, -0.05) is 42.5 Å². The molecular formula is C16H16N2O2. The maximum atomic E-state index is 11.8. The second-order valence-electron chi connectivity index (χ2n) is 4.28. The third-order valence-corrected chi connectivity index (χ3v) is 3.07. The summed E-state index contributed by atoms with van der Waals surface area (Å²) in [7, 11) is 3.00. The average Bonchev–Trinajstić information content (AvgIpc) is 2.70. The normalized spacial score (nSPS) is 9.90. The molecule has 2 N–H and O–H groups in total. The third kappa shape index (κ3) is 2.69. The quantitative estimate of drug-likeness (QED) is 0.505. The van der Waals surface area contributed by atoms with Gasteiger partial charge in [-0.05, 0) is 22.8 Å². The lowest BCUT2D eigenvalue weighted by Crippen LogP contribution is -2.31. The number of nitrogens with one attached hydrogen (secondary N) is 2. The van der Waals surface area contributed by atoms with Crippen molar-refractivity contribution >= 4 is 17.9 Å². The minimum Gasteiger partial charge on any atom is -0.355 e. The SMILES string of the molecule is CNC(=O)C(=Cc1ccc2cccccc1-2)C(=O)NC. The largest absolute Gasteiger partial charge is 0.355 e. The van der Waals surface area contributed by atoms with Crippen molar-refractivity contribution in [2.24, 2.45) is 0 Å². The van der Waals surface area contributed by atoms with Gasteiger partial charge in [-0.2, -0.15) is 0 Å². The van der Waals surface area contributed by atoms with E-state index in [-0.39, 0.29) is 5.57 Å². The van der Waals surface area contributed by atoms with E-state index in [1.807, 2.05) is 42.5 Å².